The first-order chi connectivity index (χ1) is 16.5. The van der Waals surface area contributed by atoms with Gasteiger partial charge in [0.1, 0.15) is 5.76 Å². The summed E-state index contributed by atoms with van der Waals surface area (Å²) in [6.45, 7) is 4.29. The van der Waals surface area contributed by atoms with E-state index in [1.54, 1.807) is 47.6 Å². The van der Waals surface area contributed by atoms with E-state index in [1.807, 2.05) is 0 Å². The zero-order valence-electron chi connectivity index (χ0n) is 19.4. The van der Waals surface area contributed by atoms with E-state index in [0.29, 0.717) is 48.8 Å². The van der Waals surface area contributed by atoms with E-state index >= 15 is 0 Å². The van der Waals surface area contributed by atoms with Gasteiger partial charge in [-0.05, 0) is 42.3 Å². The second-order valence-electron chi connectivity index (χ2n) is 8.15. The number of rotatable bonds is 8. The molecule has 0 bridgehead atoms. The minimum Gasteiger partial charge on any atom is -0.507 e. The molecule has 0 spiro atoms. The number of aliphatic hydroxyl groups is 1. The fourth-order valence-corrected chi connectivity index (χ4v) is 4.43. The van der Waals surface area contributed by atoms with Gasteiger partial charge in [0.25, 0.3) is 11.7 Å². The van der Waals surface area contributed by atoms with Crippen molar-refractivity contribution in [2.45, 2.75) is 12.5 Å². The average Bonchev–Trinajstić information content (AvgIpc) is 3.14. The van der Waals surface area contributed by atoms with Gasteiger partial charge in [0.15, 0.2) is 11.5 Å². The lowest BCUT2D eigenvalue weighted by atomic mass is 9.95. The van der Waals surface area contributed by atoms with E-state index in [1.165, 1.54) is 14.2 Å². The van der Waals surface area contributed by atoms with Crippen LogP contribution in [0.4, 0.5) is 0 Å². The van der Waals surface area contributed by atoms with E-state index in [9.17, 15) is 14.7 Å². The number of methoxy groups -OCH3 is 2. The molecule has 2 saturated heterocycles. The summed E-state index contributed by atoms with van der Waals surface area (Å²) in [5.74, 6) is -0.678. The highest BCUT2D eigenvalue weighted by Crippen LogP contribution is 2.40. The standard InChI is InChI=1S/C25H29N3O6/c1-32-19-5-4-18(16-20(19)33-2)23(29)21-22(17-6-8-26-9-7-17)28(25(31)24(21)30)11-3-10-27-12-14-34-15-13-27/h4-9,16,22,29H,3,10-15H2,1-2H3/b23-21+/t22-/m1/s1. The maximum Gasteiger partial charge on any atom is 0.295 e. The Morgan fingerprint density at radius 3 is 2.44 bits per heavy atom. The minimum atomic E-state index is -0.708. The molecule has 180 valence electrons. The maximum absolute atomic E-state index is 13.1. The fraction of sp³-hybridized carbons (Fsp3) is 0.400. The maximum atomic E-state index is 13.1. The van der Waals surface area contributed by atoms with Crippen LogP contribution in [-0.4, -0.2) is 85.2 Å². The Kier molecular flexibility index (Phi) is 7.44. The van der Waals surface area contributed by atoms with E-state index in [0.717, 1.165) is 19.6 Å². The zero-order valence-corrected chi connectivity index (χ0v) is 19.4. The van der Waals surface area contributed by atoms with E-state index in [4.69, 9.17) is 14.2 Å². The van der Waals surface area contributed by atoms with Crippen LogP contribution in [0.3, 0.4) is 0 Å². The van der Waals surface area contributed by atoms with Gasteiger partial charge < -0.3 is 24.2 Å². The molecule has 9 heteroatoms. The third kappa shape index (κ3) is 4.76. The normalized spacial score (nSPS) is 20.5. The minimum absolute atomic E-state index is 0.0507. The molecule has 2 aromatic rings. The molecule has 0 aliphatic carbocycles. The van der Waals surface area contributed by atoms with Crippen LogP contribution in [0.5, 0.6) is 11.5 Å². The predicted molar refractivity (Wildman–Crippen MR) is 125 cm³/mol. The number of ketones is 1. The topological polar surface area (TPSA) is 101 Å². The lowest BCUT2D eigenvalue weighted by molar-refractivity contribution is -0.140. The summed E-state index contributed by atoms with van der Waals surface area (Å²) in [6.07, 6.45) is 3.92. The number of Topliss-reactive ketones (excluding diaryl/α,β-unsaturated/α-hetero) is 1. The van der Waals surface area contributed by atoms with Gasteiger partial charge in [-0.3, -0.25) is 19.5 Å². The molecule has 1 aromatic heterocycles. The Balaban J connectivity index is 1.67. The van der Waals surface area contributed by atoms with Gasteiger partial charge in [0, 0.05) is 44.1 Å². The second kappa shape index (κ2) is 10.7. The van der Waals surface area contributed by atoms with Crippen molar-refractivity contribution >= 4 is 17.4 Å². The summed E-state index contributed by atoms with van der Waals surface area (Å²) >= 11 is 0. The van der Waals surface area contributed by atoms with Crippen molar-refractivity contribution in [2.75, 3.05) is 53.6 Å². The van der Waals surface area contributed by atoms with Crippen LogP contribution in [-0.2, 0) is 14.3 Å². The molecule has 0 unspecified atom stereocenters. The number of nitrogens with zero attached hydrogens (tertiary/aromatic N) is 3. The molecule has 34 heavy (non-hydrogen) atoms. The Labute approximate surface area is 198 Å². The highest BCUT2D eigenvalue weighted by atomic mass is 16.5. The lowest BCUT2D eigenvalue weighted by Crippen LogP contribution is -2.38. The van der Waals surface area contributed by atoms with Gasteiger partial charge in [0.2, 0.25) is 0 Å². The van der Waals surface area contributed by atoms with Crippen LogP contribution in [0.15, 0.2) is 48.3 Å². The third-order valence-corrected chi connectivity index (χ3v) is 6.20. The van der Waals surface area contributed by atoms with Crippen LogP contribution in [0.2, 0.25) is 0 Å². The molecule has 1 aromatic carbocycles. The summed E-state index contributed by atoms with van der Waals surface area (Å²) in [6, 6.07) is 7.67. The fourth-order valence-electron chi connectivity index (χ4n) is 4.43. The third-order valence-electron chi connectivity index (χ3n) is 6.20. The van der Waals surface area contributed by atoms with Crippen molar-refractivity contribution in [2.24, 2.45) is 0 Å². The largest absolute Gasteiger partial charge is 0.507 e. The van der Waals surface area contributed by atoms with Crippen LogP contribution in [0.1, 0.15) is 23.6 Å². The number of carbonyl (C=O) groups is 2. The quantitative estimate of drug-likeness (QED) is 0.358. The van der Waals surface area contributed by atoms with Gasteiger partial charge in [0.05, 0.1) is 39.0 Å². The number of aromatic nitrogens is 1. The van der Waals surface area contributed by atoms with Gasteiger partial charge in [-0.2, -0.15) is 0 Å². The lowest BCUT2D eigenvalue weighted by Gasteiger charge is -2.29. The first-order valence-corrected chi connectivity index (χ1v) is 11.3. The SMILES string of the molecule is COc1ccc(/C(O)=C2\C(=O)C(=O)N(CCCN3CCOCC3)[C@@H]2c2ccncc2)cc1OC. The monoisotopic (exact) mass is 467 g/mol. The number of morpholine rings is 1. The molecule has 0 radical (unpaired) electrons. The highest BCUT2D eigenvalue weighted by Gasteiger charge is 2.45. The van der Waals surface area contributed by atoms with Crippen LogP contribution in [0, 0.1) is 0 Å². The molecule has 2 fully saturated rings. The number of aliphatic hydroxyl groups excluding tert-OH is 1. The molecular weight excluding hydrogens is 438 g/mol. The van der Waals surface area contributed by atoms with Gasteiger partial charge in [-0.25, -0.2) is 0 Å². The molecule has 3 heterocycles. The second-order valence-corrected chi connectivity index (χ2v) is 8.15. The molecule has 1 amide bonds. The number of carbonyl (C=O) groups excluding carboxylic acids is 2. The van der Waals surface area contributed by atoms with Crippen LogP contribution >= 0.6 is 0 Å². The van der Waals surface area contributed by atoms with Crippen molar-refractivity contribution in [3.63, 3.8) is 0 Å². The number of hydrogen-bond donors (Lipinski definition) is 1. The van der Waals surface area contributed by atoms with Gasteiger partial charge >= 0.3 is 0 Å². The Hall–Kier alpha value is -3.43. The highest BCUT2D eigenvalue weighted by molar-refractivity contribution is 6.46. The molecule has 0 saturated carbocycles. The van der Waals surface area contributed by atoms with E-state index < -0.39 is 17.7 Å². The summed E-state index contributed by atoms with van der Waals surface area (Å²) in [4.78, 5) is 34.1. The van der Waals surface area contributed by atoms with Crippen LogP contribution in [0.25, 0.3) is 5.76 Å². The molecule has 9 nitrogen and oxygen atoms in total. The van der Waals surface area contributed by atoms with Gasteiger partial charge in [-0.15, -0.1) is 0 Å². The van der Waals surface area contributed by atoms with E-state index in [-0.39, 0.29) is 11.3 Å². The number of amides is 1. The van der Waals surface area contributed by atoms with Crippen molar-refractivity contribution in [1.82, 2.24) is 14.8 Å². The number of hydrogen-bond acceptors (Lipinski definition) is 8. The zero-order chi connectivity index (χ0) is 24.1. The van der Waals surface area contributed by atoms with Crippen molar-refractivity contribution < 1.29 is 28.9 Å². The van der Waals surface area contributed by atoms with Gasteiger partial charge in [-0.1, -0.05) is 0 Å². The Bertz CT molecular complexity index is 1070. The Morgan fingerprint density at radius 2 is 1.76 bits per heavy atom. The molecule has 2 aliphatic heterocycles. The molecule has 1 atom stereocenters. The summed E-state index contributed by atoms with van der Waals surface area (Å²) in [5.41, 5.74) is 1.13. The summed E-state index contributed by atoms with van der Waals surface area (Å²) in [5, 5.41) is 11.2. The molecular formula is C25H29N3O6. The first kappa shape index (κ1) is 23.7. The van der Waals surface area contributed by atoms with Crippen LogP contribution < -0.4 is 9.47 Å². The molecule has 1 N–H and O–H groups in total. The van der Waals surface area contributed by atoms with E-state index in [2.05, 4.69) is 9.88 Å². The first-order valence-electron chi connectivity index (χ1n) is 11.3. The van der Waals surface area contributed by atoms with Crippen molar-refractivity contribution in [1.29, 1.82) is 0 Å². The number of likely N-dealkylation sites (tertiary alicyclic amines) is 1. The summed E-state index contributed by atoms with van der Waals surface area (Å²) in [7, 11) is 3.01. The smallest absolute Gasteiger partial charge is 0.295 e. The number of benzene rings is 1. The van der Waals surface area contributed by atoms with Crippen molar-refractivity contribution in [3.8, 4) is 11.5 Å². The molecule has 2 aliphatic rings. The Morgan fingerprint density at radius 1 is 1.06 bits per heavy atom. The predicted octanol–water partition coefficient (Wildman–Crippen LogP) is 2.24. The van der Waals surface area contributed by atoms with Crippen molar-refractivity contribution in [3.05, 3.63) is 59.4 Å². The summed E-state index contributed by atoms with van der Waals surface area (Å²) < 4.78 is 16.0. The number of ether oxygens (including phenoxy) is 3. The number of pyridine rings is 1. The molecule has 4 rings (SSSR count). The average molecular weight is 468 g/mol.